The van der Waals surface area contributed by atoms with E-state index in [1.165, 1.54) is 6.07 Å². The van der Waals surface area contributed by atoms with E-state index < -0.39 is 0 Å². The highest BCUT2D eigenvalue weighted by atomic mass is 35.5. The molecule has 0 aliphatic heterocycles. The van der Waals surface area contributed by atoms with Crippen molar-refractivity contribution in [2.75, 3.05) is 6.54 Å². The minimum Gasteiger partial charge on any atom is -0.313 e. The molecule has 0 aliphatic rings. The predicted molar refractivity (Wildman–Crippen MR) is 70.1 cm³/mol. The second-order valence-corrected chi connectivity index (χ2v) is 4.50. The Morgan fingerprint density at radius 3 is 3.06 bits per heavy atom. The second kappa shape index (κ2) is 5.98. The van der Waals surface area contributed by atoms with Gasteiger partial charge in [0.25, 0.3) is 0 Å². The monoisotopic (exact) mass is 267 g/mol. The van der Waals surface area contributed by atoms with E-state index in [1.807, 2.05) is 13.1 Å². The molecule has 1 aromatic heterocycles. The van der Waals surface area contributed by atoms with Crippen LogP contribution in [0.15, 0.2) is 30.6 Å². The van der Waals surface area contributed by atoms with Crippen LogP contribution in [0.2, 0.25) is 5.02 Å². The number of nitrogens with one attached hydrogen (secondary N) is 1. The summed E-state index contributed by atoms with van der Waals surface area (Å²) in [4.78, 5) is 0. The van der Waals surface area contributed by atoms with Gasteiger partial charge in [-0.3, -0.25) is 4.68 Å². The van der Waals surface area contributed by atoms with Crippen LogP contribution < -0.4 is 5.32 Å². The number of nitrogens with zero attached hydrogens (tertiary/aromatic N) is 2. The molecule has 2 aromatic rings. The molecule has 0 unspecified atom stereocenters. The summed E-state index contributed by atoms with van der Waals surface area (Å²) in [6.45, 7) is 4.12. The minimum atomic E-state index is -0.261. The summed E-state index contributed by atoms with van der Waals surface area (Å²) in [5, 5.41) is 7.95. The molecule has 0 spiro atoms. The highest BCUT2D eigenvalue weighted by molar-refractivity contribution is 6.30. The molecule has 0 atom stereocenters. The highest BCUT2D eigenvalue weighted by Gasteiger charge is 2.05. The van der Waals surface area contributed by atoms with Gasteiger partial charge in [-0.05, 0) is 24.7 Å². The van der Waals surface area contributed by atoms with Crippen LogP contribution in [0.5, 0.6) is 0 Å². The van der Waals surface area contributed by atoms with Crippen molar-refractivity contribution in [2.24, 2.45) is 0 Å². The van der Waals surface area contributed by atoms with Gasteiger partial charge in [-0.15, -0.1) is 0 Å². The van der Waals surface area contributed by atoms with Crippen molar-refractivity contribution >= 4 is 11.6 Å². The zero-order valence-corrected chi connectivity index (χ0v) is 10.9. The molecule has 18 heavy (non-hydrogen) atoms. The first-order chi connectivity index (χ1) is 8.69. The third kappa shape index (κ3) is 3.31. The smallest absolute Gasteiger partial charge is 0.128 e. The summed E-state index contributed by atoms with van der Waals surface area (Å²) < 4.78 is 15.3. The lowest BCUT2D eigenvalue weighted by molar-refractivity contribution is 0.585. The summed E-state index contributed by atoms with van der Waals surface area (Å²) in [5.41, 5.74) is 1.62. The number of benzene rings is 1. The molecule has 0 amide bonds. The maximum atomic E-state index is 13.6. The molecule has 0 bridgehead atoms. The molecular weight excluding hydrogens is 253 g/mol. The molecule has 3 nitrogen and oxygen atoms in total. The number of aromatic nitrogens is 2. The van der Waals surface area contributed by atoms with Gasteiger partial charge in [-0.25, -0.2) is 4.39 Å². The zero-order chi connectivity index (χ0) is 13.0. The molecule has 2 rings (SSSR count). The van der Waals surface area contributed by atoms with Crippen LogP contribution in [0.3, 0.4) is 0 Å². The largest absolute Gasteiger partial charge is 0.313 e. The van der Waals surface area contributed by atoms with Gasteiger partial charge in [-0.2, -0.15) is 5.10 Å². The maximum absolute atomic E-state index is 13.6. The van der Waals surface area contributed by atoms with Crippen molar-refractivity contribution in [2.45, 2.75) is 20.0 Å². The normalized spacial score (nSPS) is 10.8. The van der Waals surface area contributed by atoms with E-state index in [0.29, 0.717) is 17.1 Å². The Hall–Kier alpha value is -1.39. The van der Waals surface area contributed by atoms with Gasteiger partial charge in [0.05, 0.1) is 12.7 Å². The fourth-order valence-corrected chi connectivity index (χ4v) is 1.89. The molecule has 1 heterocycles. The van der Waals surface area contributed by atoms with Gasteiger partial charge in [0.1, 0.15) is 5.82 Å². The lowest BCUT2D eigenvalue weighted by Gasteiger charge is -2.04. The van der Waals surface area contributed by atoms with Crippen molar-refractivity contribution in [3.05, 3.63) is 52.6 Å². The fraction of sp³-hybridized carbons (Fsp3) is 0.308. The second-order valence-electron chi connectivity index (χ2n) is 4.06. The van der Waals surface area contributed by atoms with Gasteiger partial charge in [0.15, 0.2) is 0 Å². The van der Waals surface area contributed by atoms with Crippen LogP contribution in [0.1, 0.15) is 18.1 Å². The van der Waals surface area contributed by atoms with E-state index in [1.54, 1.807) is 23.0 Å². The van der Waals surface area contributed by atoms with Crippen molar-refractivity contribution in [3.63, 3.8) is 0 Å². The number of hydrogen-bond acceptors (Lipinski definition) is 2. The molecule has 1 N–H and O–H groups in total. The maximum Gasteiger partial charge on any atom is 0.128 e. The predicted octanol–water partition coefficient (Wildman–Crippen LogP) is 2.83. The first kappa shape index (κ1) is 13.1. The number of rotatable bonds is 5. The standard InChI is InChI=1S/C13H15ClFN3/c1-2-16-6-10-7-17-18(8-10)9-11-5-12(14)3-4-13(11)15/h3-5,7-8,16H,2,6,9H2,1H3. The summed E-state index contributed by atoms with van der Waals surface area (Å²) in [5.74, 6) is -0.261. The first-order valence-electron chi connectivity index (χ1n) is 5.85. The van der Waals surface area contributed by atoms with Crippen LogP contribution in [0.4, 0.5) is 4.39 Å². The van der Waals surface area contributed by atoms with Gasteiger partial charge in [-0.1, -0.05) is 18.5 Å². The summed E-state index contributed by atoms with van der Waals surface area (Å²) in [6.07, 6.45) is 3.69. The van der Waals surface area contributed by atoms with Crippen LogP contribution in [0.25, 0.3) is 0 Å². The topological polar surface area (TPSA) is 29.9 Å². The average molecular weight is 268 g/mol. The lowest BCUT2D eigenvalue weighted by atomic mass is 10.2. The van der Waals surface area contributed by atoms with E-state index in [9.17, 15) is 4.39 Å². The number of halogens is 2. The third-order valence-corrected chi connectivity index (χ3v) is 2.84. The van der Waals surface area contributed by atoms with Crippen molar-refractivity contribution < 1.29 is 4.39 Å². The molecule has 1 aromatic carbocycles. The quantitative estimate of drug-likeness (QED) is 0.903. The molecule has 0 saturated carbocycles. The van der Waals surface area contributed by atoms with E-state index in [-0.39, 0.29) is 5.82 Å². The molecule has 5 heteroatoms. The van der Waals surface area contributed by atoms with Crippen molar-refractivity contribution in [1.82, 2.24) is 15.1 Å². The van der Waals surface area contributed by atoms with Gasteiger partial charge in [0, 0.05) is 28.9 Å². The third-order valence-electron chi connectivity index (χ3n) is 2.61. The molecule has 0 aliphatic carbocycles. The van der Waals surface area contributed by atoms with E-state index >= 15 is 0 Å². The Balaban J connectivity index is 2.08. The van der Waals surface area contributed by atoms with Gasteiger partial charge in [0.2, 0.25) is 0 Å². The summed E-state index contributed by atoms with van der Waals surface area (Å²) in [6, 6.07) is 4.54. The van der Waals surface area contributed by atoms with Crippen LogP contribution in [-0.4, -0.2) is 16.3 Å². The number of hydrogen-bond donors (Lipinski definition) is 1. The zero-order valence-electron chi connectivity index (χ0n) is 10.2. The van der Waals surface area contributed by atoms with Crippen molar-refractivity contribution in [1.29, 1.82) is 0 Å². The first-order valence-corrected chi connectivity index (χ1v) is 6.23. The van der Waals surface area contributed by atoms with Gasteiger partial charge < -0.3 is 5.32 Å². The summed E-state index contributed by atoms with van der Waals surface area (Å²) in [7, 11) is 0. The SMILES string of the molecule is CCNCc1cnn(Cc2cc(Cl)ccc2F)c1. The van der Waals surface area contributed by atoms with E-state index in [2.05, 4.69) is 10.4 Å². The Bertz CT molecular complexity index is 525. The average Bonchev–Trinajstić information content (AvgIpc) is 2.79. The Morgan fingerprint density at radius 1 is 1.44 bits per heavy atom. The minimum absolute atomic E-state index is 0.261. The van der Waals surface area contributed by atoms with Crippen LogP contribution in [-0.2, 0) is 13.1 Å². The lowest BCUT2D eigenvalue weighted by Crippen LogP contribution is -2.11. The highest BCUT2D eigenvalue weighted by Crippen LogP contribution is 2.16. The van der Waals surface area contributed by atoms with Crippen LogP contribution in [0, 0.1) is 5.82 Å². The molecule has 0 saturated heterocycles. The van der Waals surface area contributed by atoms with Crippen molar-refractivity contribution in [3.8, 4) is 0 Å². The van der Waals surface area contributed by atoms with E-state index in [4.69, 9.17) is 11.6 Å². The van der Waals surface area contributed by atoms with Crippen LogP contribution >= 0.6 is 11.6 Å². The molecule has 96 valence electrons. The molecular formula is C13H15ClFN3. The Kier molecular flexibility index (Phi) is 4.33. The Labute approximate surface area is 111 Å². The summed E-state index contributed by atoms with van der Waals surface area (Å²) >= 11 is 5.85. The Morgan fingerprint density at radius 2 is 2.28 bits per heavy atom. The molecule has 0 radical (unpaired) electrons. The van der Waals surface area contributed by atoms with Gasteiger partial charge >= 0.3 is 0 Å². The van der Waals surface area contributed by atoms with E-state index in [0.717, 1.165) is 18.7 Å². The molecule has 0 fully saturated rings. The fourth-order valence-electron chi connectivity index (χ4n) is 1.69.